The van der Waals surface area contributed by atoms with Gasteiger partial charge < -0.3 is 9.30 Å². The third-order valence-corrected chi connectivity index (χ3v) is 5.82. The van der Waals surface area contributed by atoms with Crippen LogP contribution in [0.25, 0.3) is 16.8 Å². The van der Waals surface area contributed by atoms with Crippen LogP contribution in [0.4, 0.5) is 0 Å². The maximum Gasteiger partial charge on any atom is 0.179 e. The lowest BCUT2D eigenvalue weighted by Gasteiger charge is -2.15. The van der Waals surface area contributed by atoms with Crippen LogP contribution in [0, 0.1) is 3.57 Å². The zero-order valence-electron chi connectivity index (χ0n) is 12.4. The number of hydrogen-bond donors (Lipinski definition) is 0. The maximum absolute atomic E-state index is 5.82. The fraction of sp³-hybridized carbons (Fsp3) is 0.462. The van der Waals surface area contributed by atoms with Crippen molar-refractivity contribution in [1.82, 2.24) is 24.1 Å². The van der Waals surface area contributed by atoms with E-state index in [1.165, 1.54) is 6.04 Å². The van der Waals surface area contributed by atoms with Gasteiger partial charge in [0.05, 0.1) is 9.77 Å². The normalized spacial score (nSPS) is 12.6. The number of ether oxygens (including phenoxy) is 1. The monoisotopic (exact) mass is 415 g/mol. The molecule has 21 heavy (non-hydrogen) atoms. The molecule has 0 spiro atoms. The molecule has 6 nitrogen and oxygen atoms in total. The van der Waals surface area contributed by atoms with Crippen LogP contribution < -0.4 is 0 Å². The van der Waals surface area contributed by atoms with Crippen molar-refractivity contribution in [3.63, 3.8) is 0 Å². The first-order valence-corrected chi connectivity index (χ1v) is 11.7. The summed E-state index contributed by atoms with van der Waals surface area (Å²) < 4.78 is 10.9. The summed E-state index contributed by atoms with van der Waals surface area (Å²) in [5.74, 6) is 0. The van der Waals surface area contributed by atoms with Crippen LogP contribution >= 0.6 is 22.6 Å². The number of nitrogens with zero attached hydrogens (tertiary/aromatic N) is 5. The number of rotatable bonds is 5. The van der Waals surface area contributed by atoms with Crippen molar-refractivity contribution in [2.24, 2.45) is 0 Å². The smallest absolute Gasteiger partial charge is 0.179 e. The second-order valence-corrected chi connectivity index (χ2v) is 13.1. The molecule has 0 amide bonds. The van der Waals surface area contributed by atoms with Gasteiger partial charge in [-0.15, -0.1) is 10.2 Å². The molecule has 0 bridgehead atoms. The SMILES string of the molecule is C[Si](C)(C)CCOCn1cc(I)c2c1ncc1nncn12. The van der Waals surface area contributed by atoms with Gasteiger partial charge in [0.25, 0.3) is 0 Å². The molecule has 0 atom stereocenters. The van der Waals surface area contributed by atoms with Crippen molar-refractivity contribution in [1.29, 1.82) is 0 Å². The van der Waals surface area contributed by atoms with Gasteiger partial charge in [-0.3, -0.25) is 4.40 Å². The summed E-state index contributed by atoms with van der Waals surface area (Å²) in [6.45, 7) is 8.41. The van der Waals surface area contributed by atoms with Gasteiger partial charge in [-0.1, -0.05) is 19.6 Å². The Kier molecular flexibility index (Phi) is 4.01. The van der Waals surface area contributed by atoms with E-state index in [2.05, 4.69) is 63.6 Å². The Morgan fingerprint density at radius 2 is 2.14 bits per heavy atom. The van der Waals surface area contributed by atoms with E-state index in [-0.39, 0.29) is 0 Å². The first-order valence-electron chi connectivity index (χ1n) is 6.86. The topological polar surface area (TPSA) is 57.2 Å². The summed E-state index contributed by atoms with van der Waals surface area (Å²) in [6, 6.07) is 1.17. The minimum atomic E-state index is -1.04. The van der Waals surface area contributed by atoms with Gasteiger partial charge in [-0.05, 0) is 28.6 Å². The number of aromatic nitrogens is 5. The second kappa shape index (κ2) is 5.65. The molecule has 0 saturated carbocycles. The van der Waals surface area contributed by atoms with E-state index in [0.29, 0.717) is 6.73 Å². The van der Waals surface area contributed by atoms with Crippen LogP contribution in [0.2, 0.25) is 25.7 Å². The number of hydrogen-bond acceptors (Lipinski definition) is 4. The fourth-order valence-electron chi connectivity index (χ4n) is 2.12. The molecule has 0 saturated heterocycles. The molecule has 3 rings (SSSR count). The molecule has 0 fully saturated rings. The van der Waals surface area contributed by atoms with E-state index in [0.717, 1.165) is 27.0 Å². The van der Waals surface area contributed by atoms with E-state index >= 15 is 0 Å². The highest BCUT2D eigenvalue weighted by molar-refractivity contribution is 14.1. The van der Waals surface area contributed by atoms with Gasteiger partial charge >= 0.3 is 0 Å². The predicted molar refractivity (Wildman–Crippen MR) is 93.1 cm³/mol. The lowest BCUT2D eigenvalue weighted by atomic mass is 10.5. The van der Waals surface area contributed by atoms with Gasteiger partial charge in [0.2, 0.25) is 0 Å². The number of halogens is 1. The van der Waals surface area contributed by atoms with Crippen molar-refractivity contribution in [3.8, 4) is 0 Å². The van der Waals surface area contributed by atoms with Crippen LogP contribution in [0.1, 0.15) is 0 Å². The lowest BCUT2D eigenvalue weighted by Crippen LogP contribution is -2.22. The summed E-state index contributed by atoms with van der Waals surface area (Å²) >= 11 is 2.31. The molecule has 3 aromatic heterocycles. The predicted octanol–water partition coefficient (Wildman–Crippen LogP) is 3.00. The van der Waals surface area contributed by atoms with Gasteiger partial charge in [0.15, 0.2) is 11.3 Å². The summed E-state index contributed by atoms with van der Waals surface area (Å²) in [7, 11) is -1.04. The molecule has 3 heterocycles. The highest BCUT2D eigenvalue weighted by Crippen LogP contribution is 2.22. The highest BCUT2D eigenvalue weighted by atomic mass is 127. The minimum Gasteiger partial charge on any atom is -0.361 e. The van der Waals surface area contributed by atoms with Gasteiger partial charge in [0, 0.05) is 20.9 Å². The van der Waals surface area contributed by atoms with Crippen molar-refractivity contribution < 1.29 is 4.74 Å². The zero-order chi connectivity index (χ0) is 15.0. The van der Waals surface area contributed by atoms with Crippen molar-refractivity contribution >= 4 is 47.5 Å². The van der Waals surface area contributed by atoms with Crippen LogP contribution in [0.5, 0.6) is 0 Å². The quantitative estimate of drug-likeness (QED) is 0.365. The van der Waals surface area contributed by atoms with E-state index in [1.807, 2.05) is 8.97 Å². The fourth-order valence-corrected chi connectivity index (χ4v) is 3.72. The highest BCUT2D eigenvalue weighted by Gasteiger charge is 2.14. The first kappa shape index (κ1) is 14.9. The van der Waals surface area contributed by atoms with Crippen LogP contribution in [0.15, 0.2) is 18.7 Å². The Bertz CT molecular complexity index is 776. The van der Waals surface area contributed by atoms with E-state index in [9.17, 15) is 0 Å². The molecule has 0 aliphatic heterocycles. The van der Waals surface area contributed by atoms with Gasteiger partial charge in [0.1, 0.15) is 18.6 Å². The summed E-state index contributed by atoms with van der Waals surface area (Å²) in [5, 5.41) is 7.97. The van der Waals surface area contributed by atoms with Crippen molar-refractivity contribution in [2.45, 2.75) is 32.4 Å². The van der Waals surface area contributed by atoms with Crippen molar-refractivity contribution in [3.05, 3.63) is 22.3 Å². The largest absolute Gasteiger partial charge is 0.361 e. The molecule has 0 aromatic carbocycles. The zero-order valence-corrected chi connectivity index (χ0v) is 15.5. The molecule has 0 radical (unpaired) electrons. The average Bonchev–Trinajstić information content (AvgIpc) is 2.98. The third kappa shape index (κ3) is 3.11. The molecule has 3 aromatic rings. The Morgan fingerprint density at radius 1 is 1.33 bits per heavy atom. The maximum atomic E-state index is 5.82. The molecular weight excluding hydrogens is 397 g/mol. The Balaban J connectivity index is 1.83. The molecule has 0 aliphatic carbocycles. The average molecular weight is 415 g/mol. The standard InChI is InChI=1S/C13H18IN5OSi/c1-21(2,3)5-4-20-9-18-7-10(14)12-13(18)15-6-11-17-16-8-19(11)12/h6-8H,4-5,9H2,1-3H3. The van der Waals surface area contributed by atoms with E-state index in [4.69, 9.17) is 4.74 Å². The van der Waals surface area contributed by atoms with Gasteiger partial charge in [-0.25, -0.2) is 4.98 Å². The van der Waals surface area contributed by atoms with Gasteiger partial charge in [-0.2, -0.15) is 0 Å². The minimum absolute atomic E-state index is 0.532. The Morgan fingerprint density at radius 3 is 2.90 bits per heavy atom. The first-order chi connectivity index (χ1) is 9.96. The molecule has 112 valence electrons. The van der Waals surface area contributed by atoms with Crippen molar-refractivity contribution in [2.75, 3.05) is 6.61 Å². The summed E-state index contributed by atoms with van der Waals surface area (Å²) in [6.07, 6.45) is 5.52. The number of fused-ring (bicyclic) bond motifs is 3. The molecule has 0 N–H and O–H groups in total. The molecule has 8 heteroatoms. The molecule has 0 aliphatic rings. The third-order valence-electron chi connectivity index (χ3n) is 3.32. The van der Waals surface area contributed by atoms with Crippen LogP contribution in [0.3, 0.4) is 0 Å². The van der Waals surface area contributed by atoms with E-state index in [1.54, 1.807) is 12.5 Å². The Hall–Kier alpha value is -1.00. The Labute approximate surface area is 137 Å². The lowest BCUT2D eigenvalue weighted by molar-refractivity contribution is 0.0898. The van der Waals surface area contributed by atoms with Crippen LogP contribution in [-0.2, 0) is 11.5 Å². The molecular formula is C13H18IN5OSi. The second-order valence-electron chi connectivity index (χ2n) is 6.28. The van der Waals surface area contributed by atoms with Crippen LogP contribution in [-0.4, -0.2) is 38.8 Å². The summed E-state index contributed by atoms with van der Waals surface area (Å²) in [4.78, 5) is 4.49. The molecule has 0 unspecified atom stereocenters. The summed E-state index contributed by atoms with van der Waals surface area (Å²) in [5.41, 5.74) is 2.70. The van der Waals surface area contributed by atoms with E-state index < -0.39 is 8.07 Å².